The molecule has 0 saturated carbocycles. The molecule has 0 saturated heterocycles. The minimum Gasteiger partial charge on any atom is -0.465 e. The van der Waals surface area contributed by atoms with Crippen molar-refractivity contribution in [3.63, 3.8) is 0 Å². The SMILES string of the molecule is COC(=O)c1ccccc1Nc1ccnc(C(=O)Nc2ccccc2F)c1. The van der Waals surface area contributed by atoms with Crippen molar-refractivity contribution < 1.29 is 18.7 Å². The molecule has 0 radical (unpaired) electrons. The molecular weight excluding hydrogens is 349 g/mol. The first-order valence-electron chi connectivity index (χ1n) is 8.05. The van der Waals surface area contributed by atoms with E-state index >= 15 is 0 Å². The Morgan fingerprint density at radius 1 is 1.00 bits per heavy atom. The maximum atomic E-state index is 13.7. The third-order valence-corrected chi connectivity index (χ3v) is 3.73. The van der Waals surface area contributed by atoms with Gasteiger partial charge < -0.3 is 15.4 Å². The molecule has 0 atom stereocenters. The van der Waals surface area contributed by atoms with E-state index in [-0.39, 0.29) is 11.4 Å². The molecule has 2 aromatic carbocycles. The summed E-state index contributed by atoms with van der Waals surface area (Å²) in [5.74, 6) is -1.57. The van der Waals surface area contributed by atoms with E-state index in [1.54, 1.807) is 36.4 Å². The van der Waals surface area contributed by atoms with Gasteiger partial charge in [-0.3, -0.25) is 9.78 Å². The van der Waals surface area contributed by atoms with Crippen molar-refractivity contribution in [1.82, 2.24) is 4.98 Å². The number of amides is 1. The molecule has 7 heteroatoms. The molecule has 27 heavy (non-hydrogen) atoms. The van der Waals surface area contributed by atoms with Crippen molar-refractivity contribution in [3.05, 3.63) is 83.9 Å². The lowest BCUT2D eigenvalue weighted by Gasteiger charge is -2.11. The Labute approximate surface area is 155 Å². The summed E-state index contributed by atoms with van der Waals surface area (Å²) in [6, 6.07) is 15.8. The number of nitrogens with zero attached hydrogens (tertiary/aromatic N) is 1. The first-order valence-corrected chi connectivity index (χ1v) is 8.05. The van der Waals surface area contributed by atoms with Gasteiger partial charge in [-0.05, 0) is 36.4 Å². The molecule has 0 unspecified atom stereocenters. The van der Waals surface area contributed by atoms with Gasteiger partial charge in [0.25, 0.3) is 5.91 Å². The zero-order valence-corrected chi connectivity index (χ0v) is 14.4. The lowest BCUT2D eigenvalue weighted by Crippen LogP contribution is -2.15. The molecule has 1 heterocycles. The molecule has 136 valence electrons. The molecule has 0 aliphatic heterocycles. The van der Waals surface area contributed by atoms with E-state index in [0.717, 1.165) is 0 Å². The lowest BCUT2D eigenvalue weighted by atomic mass is 10.1. The summed E-state index contributed by atoms with van der Waals surface area (Å²) >= 11 is 0. The molecule has 6 nitrogen and oxygen atoms in total. The Morgan fingerprint density at radius 3 is 2.44 bits per heavy atom. The van der Waals surface area contributed by atoms with Crippen LogP contribution in [-0.4, -0.2) is 24.0 Å². The topological polar surface area (TPSA) is 80.3 Å². The maximum absolute atomic E-state index is 13.7. The number of hydrogen-bond acceptors (Lipinski definition) is 5. The second-order valence-electron chi connectivity index (χ2n) is 5.53. The van der Waals surface area contributed by atoms with E-state index in [2.05, 4.69) is 15.6 Å². The Bertz CT molecular complexity index is 991. The third kappa shape index (κ3) is 4.27. The number of nitrogens with one attached hydrogen (secondary N) is 2. The highest BCUT2D eigenvalue weighted by atomic mass is 19.1. The summed E-state index contributed by atoms with van der Waals surface area (Å²) < 4.78 is 18.5. The molecule has 1 aromatic heterocycles. The fourth-order valence-electron chi connectivity index (χ4n) is 2.42. The molecule has 3 aromatic rings. The van der Waals surface area contributed by atoms with Crippen LogP contribution in [0.4, 0.5) is 21.5 Å². The van der Waals surface area contributed by atoms with E-state index in [1.807, 2.05) is 0 Å². The van der Waals surface area contributed by atoms with Crippen molar-refractivity contribution in [2.24, 2.45) is 0 Å². The molecule has 0 aliphatic rings. The van der Waals surface area contributed by atoms with Gasteiger partial charge in [-0.15, -0.1) is 0 Å². The number of carbonyl (C=O) groups is 2. The largest absolute Gasteiger partial charge is 0.465 e. The minimum absolute atomic E-state index is 0.0682. The molecule has 1 amide bonds. The Kier molecular flexibility index (Phi) is 5.41. The van der Waals surface area contributed by atoms with Crippen LogP contribution >= 0.6 is 0 Å². The summed E-state index contributed by atoms with van der Waals surface area (Å²) in [6.45, 7) is 0. The van der Waals surface area contributed by atoms with Crippen molar-refractivity contribution >= 4 is 28.9 Å². The lowest BCUT2D eigenvalue weighted by molar-refractivity contribution is 0.0601. The van der Waals surface area contributed by atoms with Crippen molar-refractivity contribution in [2.75, 3.05) is 17.7 Å². The summed E-state index contributed by atoms with van der Waals surface area (Å²) in [4.78, 5) is 28.2. The zero-order chi connectivity index (χ0) is 19.2. The minimum atomic E-state index is -0.551. The van der Waals surface area contributed by atoms with Crippen LogP contribution in [0.5, 0.6) is 0 Å². The van der Waals surface area contributed by atoms with Crippen LogP contribution in [0.1, 0.15) is 20.8 Å². The summed E-state index contributed by atoms with van der Waals surface area (Å²) in [6.07, 6.45) is 1.44. The number of esters is 1. The van der Waals surface area contributed by atoms with Crippen LogP contribution in [-0.2, 0) is 4.74 Å². The average molecular weight is 365 g/mol. The summed E-state index contributed by atoms with van der Waals surface area (Å²) in [5.41, 5.74) is 1.59. The molecule has 3 rings (SSSR count). The molecule has 0 aliphatic carbocycles. The fourth-order valence-corrected chi connectivity index (χ4v) is 2.42. The number of anilines is 3. The number of aromatic nitrogens is 1. The number of pyridine rings is 1. The molecule has 0 spiro atoms. The molecular formula is C20H16FN3O3. The molecule has 2 N–H and O–H groups in total. The van der Waals surface area contributed by atoms with E-state index in [1.165, 1.54) is 37.6 Å². The van der Waals surface area contributed by atoms with Crippen molar-refractivity contribution in [3.8, 4) is 0 Å². The standard InChI is InChI=1S/C20H16FN3O3/c1-27-20(26)14-6-2-4-8-16(14)23-13-10-11-22-18(12-13)19(25)24-17-9-5-3-7-15(17)21/h2-12H,1H3,(H,22,23)(H,24,25). The van der Waals surface area contributed by atoms with Gasteiger partial charge in [-0.25, -0.2) is 9.18 Å². The summed E-state index contributed by atoms with van der Waals surface area (Å²) in [5, 5.41) is 5.54. The third-order valence-electron chi connectivity index (χ3n) is 3.73. The van der Waals surface area contributed by atoms with Gasteiger partial charge in [0.05, 0.1) is 24.0 Å². The van der Waals surface area contributed by atoms with Gasteiger partial charge in [0.1, 0.15) is 11.5 Å². The highest BCUT2D eigenvalue weighted by Gasteiger charge is 2.13. The van der Waals surface area contributed by atoms with Gasteiger partial charge >= 0.3 is 5.97 Å². The van der Waals surface area contributed by atoms with Crippen LogP contribution in [0.15, 0.2) is 66.9 Å². The van der Waals surface area contributed by atoms with Gasteiger partial charge in [0, 0.05) is 11.9 Å². The average Bonchev–Trinajstić information content (AvgIpc) is 2.70. The smallest absolute Gasteiger partial charge is 0.339 e. The highest BCUT2D eigenvalue weighted by Crippen LogP contribution is 2.22. The van der Waals surface area contributed by atoms with Crippen LogP contribution in [0.25, 0.3) is 0 Å². The maximum Gasteiger partial charge on any atom is 0.339 e. The highest BCUT2D eigenvalue weighted by molar-refractivity contribution is 6.03. The Balaban J connectivity index is 1.81. The van der Waals surface area contributed by atoms with E-state index < -0.39 is 17.7 Å². The quantitative estimate of drug-likeness (QED) is 0.668. The van der Waals surface area contributed by atoms with Crippen molar-refractivity contribution in [2.45, 2.75) is 0 Å². The molecule has 0 bridgehead atoms. The Morgan fingerprint density at radius 2 is 1.70 bits per heavy atom. The van der Waals surface area contributed by atoms with Crippen LogP contribution in [0.3, 0.4) is 0 Å². The van der Waals surface area contributed by atoms with E-state index in [0.29, 0.717) is 16.9 Å². The Hall–Kier alpha value is -3.74. The van der Waals surface area contributed by atoms with Crippen LogP contribution in [0.2, 0.25) is 0 Å². The first kappa shape index (κ1) is 18.1. The number of benzene rings is 2. The monoisotopic (exact) mass is 365 g/mol. The van der Waals surface area contributed by atoms with Crippen molar-refractivity contribution in [1.29, 1.82) is 0 Å². The van der Waals surface area contributed by atoms with Crippen LogP contribution < -0.4 is 10.6 Å². The zero-order valence-electron chi connectivity index (χ0n) is 14.4. The number of carbonyl (C=O) groups excluding carboxylic acids is 2. The number of ether oxygens (including phenoxy) is 1. The number of halogens is 1. The van der Waals surface area contributed by atoms with Gasteiger partial charge in [0.15, 0.2) is 0 Å². The number of rotatable bonds is 5. The summed E-state index contributed by atoms with van der Waals surface area (Å²) in [7, 11) is 1.30. The second kappa shape index (κ2) is 8.09. The second-order valence-corrected chi connectivity index (χ2v) is 5.53. The van der Waals surface area contributed by atoms with Crippen LogP contribution in [0, 0.1) is 5.82 Å². The first-order chi connectivity index (χ1) is 13.1. The number of para-hydroxylation sites is 2. The normalized spacial score (nSPS) is 10.1. The molecule has 0 fully saturated rings. The van der Waals surface area contributed by atoms with E-state index in [9.17, 15) is 14.0 Å². The predicted octanol–water partition coefficient (Wildman–Crippen LogP) is 4.00. The fraction of sp³-hybridized carbons (Fsp3) is 0.0500. The van der Waals surface area contributed by atoms with Gasteiger partial charge in [0.2, 0.25) is 0 Å². The number of methoxy groups -OCH3 is 1. The van der Waals surface area contributed by atoms with E-state index in [4.69, 9.17) is 4.74 Å². The van der Waals surface area contributed by atoms with Gasteiger partial charge in [-0.1, -0.05) is 24.3 Å². The van der Waals surface area contributed by atoms with Gasteiger partial charge in [-0.2, -0.15) is 0 Å². The number of hydrogen-bond donors (Lipinski definition) is 2. The predicted molar refractivity (Wildman–Crippen MR) is 99.7 cm³/mol.